The number of nitrogens with one attached hydrogen (secondary N) is 4. The zero-order valence-corrected chi connectivity index (χ0v) is 32.4. The van der Waals surface area contributed by atoms with Gasteiger partial charge in [0.15, 0.2) is 6.04 Å². The molecule has 0 heterocycles. The van der Waals surface area contributed by atoms with Crippen LogP contribution in [0.25, 0.3) is 0 Å². The van der Waals surface area contributed by atoms with Crippen LogP contribution in [-0.2, 0) is 19.1 Å². The molecule has 2 rings (SSSR count). The van der Waals surface area contributed by atoms with E-state index >= 15 is 0 Å². The van der Waals surface area contributed by atoms with E-state index in [1.165, 1.54) is 44.9 Å². The van der Waals surface area contributed by atoms with Crippen LogP contribution in [0.4, 0.5) is 4.79 Å². The highest BCUT2D eigenvalue weighted by molar-refractivity contribution is 5.90. The van der Waals surface area contributed by atoms with Gasteiger partial charge in [-0.1, -0.05) is 94.9 Å². The van der Waals surface area contributed by atoms with Crippen molar-refractivity contribution in [2.45, 2.75) is 151 Å². The van der Waals surface area contributed by atoms with Crippen LogP contribution in [0, 0.1) is 17.8 Å². The highest BCUT2D eigenvalue weighted by Gasteiger charge is 2.23. The van der Waals surface area contributed by atoms with E-state index in [2.05, 4.69) is 47.1 Å². The topological polar surface area (TPSA) is 126 Å². The number of rotatable bonds is 13. The molecule has 0 bridgehead atoms. The number of allylic oxidation sites excluding steroid dienone is 2. The summed E-state index contributed by atoms with van der Waals surface area (Å²) in [7, 11) is 2.08. The summed E-state index contributed by atoms with van der Waals surface area (Å²) in [4.78, 5) is 44.0. The molecule has 1 aliphatic rings. The Bertz CT molecular complexity index is 1120. The fourth-order valence-electron chi connectivity index (χ4n) is 4.86. The van der Waals surface area contributed by atoms with E-state index < -0.39 is 23.6 Å². The van der Waals surface area contributed by atoms with Crippen molar-refractivity contribution in [1.82, 2.24) is 21.3 Å². The minimum absolute atomic E-state index is 0.222. The van der Waals surface area contributed by atoms with Crippen molar-refractivity contribution >= 4 is 24.7 Å². The maximum Gasteiger partial charge on any atom is 0.409 e. The Morgan fingerprint density at radius 2 is 1.59 bits per heavy atom. The Balaban J connectivity index is 0. The Kier molecular flexibility index (Phi) is 28.4. The van der Waals surface area contributed by atoms with Crippen LogP contribution in [0.3, 0.4) is 0 Å². The monoisotopic (exact) mass is 685 g/mol. The molecule has 9 heteroatoms. The van der Waals surface area contributed by atoms with Crippen molar-refractivity contribution in [3.63, 3.8) is 0 Å². The number of hydrogen-bond donors (Lipinski definition) is 4. The van der Waals surface area contributed by atoms with E-state index in [1.54, 1.807) is 27.7 Å². The van der Waals surface area contributed by atoms with Gasteiger partial charge in [-0.2, -0.15) is 0 Å². The summed E-state index contributed by atoms with van der Waals surface area (Å²) < 4.78 is 5.21. The summed E-state index contributed by atoms with van der Waals surface area (Å²) in [6, 6.07) is 8.86. The SMILES string of the molecule is C=O.CC.CC(C)=C(C)NC(=O)C(C#Cc1ccccc1)NC(=O)OC(C)(C)C.CCCCC(=O)NCCC[C@@H](CC1CCCCC1)NC. The van der Waals surface area contributed by atoms with Gasteiger partial charge in [-0.3, -0.25) is 14.9 Å². The number of ether oxygens (including phenoxy) is 1. The second kappa shape index (κ2) is 29.3. The summed E-state index contributed by atoms with van der Waals surface area (Å²) >= 11 is 0. The van der Waals surface area contributed by atoms with Gasteiger partial charge in [-0.25, -0.2) is 4.79 Å². The van der Waals surface area contributed by atoms with Crippen LogP contribution in [0.2, 0.25) is 0 Å². The molecular formula is C40H68N4O5. The lowest BCUT2D eigenvalue weighted by atomic mass is 9.84. The van der Waals surface area contributed by atoms with Gasteiger partial charge in [0.1, 0.15) is 12.4 Å². The Labute approximate surface area is 298 Å². The fraction of sp³-hybridized carbons (Fsp3) is 0.650. The normalized spacial score (nSPS) is 13.3. The summed E-state index contributed by atoms with van der Waals surface area (Å²) in [5.41, 5.74) is 1.79. The number of carbonyl (C=O) groups is 4. The molecule has 49 heavy (non-hydrogen) atoms. The van der Waals surface area contributed by atoms with Gasteiger partial charge in [-0.15, -0.1) is 0 Å². The molecule has 9 nitrogen and oxygen atoms in total. The highest BCUT2D eigenvalue weighted by Crippen LogP contribution is 2.28. The van der Waals surface area contributed by atoms with Gasteiger partial charge in [0, 0.05) is 30.3 Å². The van der Waals surface area contributed by atoms with E-state index in [1.807, 2.05) is 64.8 Å². The molecule has 1 aliphatic carbocycles. The largest absolute Gasteiger partial charge is 0.444 e. The summed E-state index contributed by atoms with van der Waals surface area (Å²) in [6.45, 7) is 19.8. The first-order valence-corrected chi connectivity index (χ1v) is 18.1. The Morgan fingerprint density at radius 1 is 0.980 bits per heavy atom. The van der Waals surface area contributed by atoms with Crippen LogP contribution in [0.15, 0.2) is 41.6 Å². The molecule has 0 aromatic heterocycles. The number of benzene rings is 1. The van der Waals surface area contributed by atoms with E-state index in [9.17, 15) is 14.4 Å². The summed E-state index contributed by atoms with van der Waals surface area (Å²) in [6.07, 6.45) is 12.8. The molecule has 1 aromatic rings. The number of alkyl carbamates (subject to hydrolysis) is 1. The predicted octanol–water partition coefficient (Wildman–Crippen LogP) is 7.83. The summed E-state index contributed by atoms with van der Waals surface area (Å²) in [5, 5.41) is 11.8. The zero-order chi connectivity index (χ0) is 37.7. The molecule has 0 saturated heterocycles. The van der Waals surface area contributed by atoms with Gasteiger partial charge >= 0.3 is 6.09 Å². The quantitative estimate of drug-likeness (QED) is 0.124. The van der Waals surface area contributed by atoms with Crippen molar-refractivity contribution in [3.05, 3.63) is 47.2 Å². The average molecular weight is 685 g/mol. The molecule has 3 amide bonds. The zero-order valence-electron chi connectivity index (χ0n) is 32.4. The molecule has 1 fully saturated rings. The lowest BCUT2D eigenvalue weighted by Crippen LogP contribution is -2.47. The number of hydrogen-bond acceptors (Lipinski definition) is 6. The minimum atomic E-state index is -1.02. The lowest BCUT2D eigenvalue weighted by molar-refractivity contribution is -0.122. The Hall–Kier alpha value is -3.64. The minimum Gasteiger partial charge on any atom is -0.444 e. The number of carbonyl (C=O) groups excluding carboxylic acids is 4. The number of unbranched alkanes of at least 4 members (excludes halogenated alkanes) is 1. The first-order chi connectivity index (χ1) is 23.3. The first-order valence-electron chi connectivity index (χ1n) is 18.1. The molecular weight excluding hydrogens is 616 g/mol. The fourth-order valence-corrected chi connectivity index (χ4v) is 4.86. The van der Waals surface area contributed by atoms with Crippen molar-refractivity contribution in [1.29, 1.82) is 0 Å². The van der Waals surface area contributed by atoms with Crippen molar-refractivity contribution in [2.24, 2.45) is 5.92 Å². The third-order valence-corrected chi connectivity index (χ3v) is 7.68. The average Bonchev–Trinajstić information content (AvgIpc) is 3.09. The molecule has 4 N–H and O–H groups in total. The first kappa shape index (κ1) is 47.5. The maximum atomic E-state index is 12.5. The Morgan fingerprint density at radius 3 is 2.12 bits per heavy atom. The lowest BCUT2D eigenvalue weighted by Gasteiger charge is -2.26. The standard InChI is InChI=1S/C20H26N2O3.C17H34N2O.C2H6.CH2O/c1-14(2)15(3)21-18(23)17(22-19(24)25-20(4,5)6)13-12-16-10-8-7-9-11-16;1-3-4-12-17(20)19-13-8-11-16(18-2)14-15-9-6-5-7-10-15;2*1-2/h7-11,17H,1-6H3,(H,21,23)(H,22,24);15-16,18H,3-14H2,1-2H3,(H,19,20);1-2H3;1H2/t;16-;;/m.0../s1. The molecule has 1 unspecified atom stereocenters. The number of amides is 3. The van der Waals surface area contributed by atoms with Crippen molar-refractivity contribution in [2.75, 3.05) is 13.6 Å². The van der Waals surface area contributed by atoms with E-state index in [0.717, 1.165) is 48.6 Å². The van der Waals surface area contributed by atoms with Gasteiger partial charge in [0.05, 0.1) is 0 Å². The van der Waals surface area contributed by atoms with E-state index in [-0.39, 0.29) is 5.91 Å². The van der Waals surface area contributed by atoms with Gasteiger partial charge in [0.25, 0.3) is 5.91 Å². The van der Waals surface area contributed by atoms with Crippen LogP contribution in [-0.4, -0.2) is 56.0 Å². The van der Waals surface area contributed by atoms with Gasteiger partial charge in [0.2, 0.25) is 5.91 Å². The van der Waals surface area contributed by atoms with Crippen LogP contribution in [0.1, 0.15) is 139 Å². The van der Waals surface area contributed by atoms with Crippen LogP contribution in [0.5, 0.6) is 0 Å². The molecule has 278 valence electrons. The molecule has 1 aromatic carbocycles. The predicted molar refractivity (Wildman–Crippen MR) is 203 cm³/mol. The smallest absolute Gasteiger partial charge is 0.409 e. The molecule has 1 saturated carbocycles. The maximum absolute atomic E-state index is 12.5. The third kappa shape index (κ3) is 26.0. The third-order valence-electron chi connectivity index (χ3n) is 7.68. The van der Waals surface area contributed by atoms with Gasteiger partial charge < -0.3 is 25.5 Å². The van der Waals surface area contributed by atoms with E-state index in [4.69, 9.17) is 9.53 Å². The molecule has 2 atom stereocenters. The molecule has 0 spiro atoms. The second-order valence-electron chi connectivity index (χ2n) is 13.1. The highest BCUT2D eigenvalue weighted by atomic mass is 16.6. The summed E-state index contributed by atoms with van der Waals surface area (Å²) in [5.74, 6) is 6.44. The van der Waals surface area contributed by atoms with Crippen LogP contribution < -0.4 is 21.3 Å². The second-order valence-corrected chi connectivity index (χ2v) is 13.1. The van der Waals surface area contributed by atoms with Crippen molar-refractivity contribution in [3.8, 4) is 11.8 Å². The van der Waals surface area contributed by atoms with E-state index in [0.29, 0.717) is 12.5 Å². The van der Waals surface area contributed by atoms with Gasteiger partial charge in [-0.05, 0) is 92.3 Å². The van der Waals surface area contributed by atoms with Crippen LogP contribution >= 0.6 is 0 Å². The molecule has 0 aliphatic heterocycles. The molecule has 0 radical (unpaired) electrons. The van der Waals surface area contributed by atoms with Crippen molar-refractivity contribution < 1.29 is 23.9 Å².